The quantitative estimate of drug-likeness (QED) is 0.0731. The first-order chi connectivity index (χ1) is 17.6. The monoisotopic (exact) mass is 550 g/mol. The molecule has 11 nitrogen and oxygen atoms in total. The van der Waals surface area contributed by atoms with Crippen molar-refractivity contribution in [1.82, 2.24) is 10.6 Å². The Bertz CT molecular complexity index is 971. The number of carbonyl (C=O) groups is 3. The lowest BCUT2D eigenvalue weighted by Gasteiger charge is -2.21. The van der Waals surface area contributed by atoms with Crippen LogP contribution in [0.15, 0.2) is 29.4 Å². The maximum atomic E-state index is 12.8. The van der Waals surface area contributed by atoms with Crippen LogP contribution in [0.2, 0.25) is 0 Å². The zero-order chi connectivity index (χ0) is 27.7. The topological polar surface area (TPSA) is 166 Å². The summed E-state index contributed by atoms with van der Waals surface area (Å²) in [5.41, 5.74) is 9.63. The van der Waals surface area contributed by atoms with E-state index in [0.717, 1.165) is 0 Å². The van der Waals surface area contributed by atoms with Gasteiger partial charge in [-0.05, 0) is 23.9 Å². The molecule has 0 saturated heterocycles. The highest BCUT2D eigenvalue weighted by Gasteiger charge is 2.23. The summed E-state index contributed by atoms with van der Waals surface area (Å²) in [4.78, 5) is 39.6. The number of benzene rings is 1. The molecular weight excluding hydrogens is 516 g/mol. The maximum Gasteiger partial charge on any atom is 0.408 e. The second-order valence-electron chi connectivity index (χ2n) is 9.06. The van der Waals surface area contributed by atoms with Gasteiger partial charge in [-0.15, -0.1) is 0 Å². The minimum absolute atomic E-state index is 0.00437. The van der Waals surface area contributed by atoms with Gasteiger partial charge in [0.05, 0.1) is 5.92 Å². The van der Waals surface area contributed by atoms with Gasteiger partial charge in [0.1, 0.15) is 18.7 Å². The molecule has 1 rings (SSSR count). The number of nitrogens with zero attached hydrogens (tertiary/aromatic N) is 4. The predicted octanol–water partition coefficient (Wildman–Crippen LogP) is 5.39. The molecule has 13 heteroatoms. The van der Waals surface area contributed by atoms with Crippen molar-refractivity contribution in [2.24, 2.45) is 11.0 Å². The van der Waals surface area contributed by atoms with E-state index in [1.807, 2.05) is 0 Å². The molecule has 0 aromatic heterocycles. The van der Waals surface area contributed by atoms with Gasteiger partial charge in [0.2, 0.25) is 5.91 Å². The number of azide groups is 1. The Balaban J connectivity index is 2.54. The molecule has 2 atom stereocenters. The molecule has 0 radical (unpaired) electrons. The van der Waals surface area contributed by atoms with Crippen LogP contribution in [-0.4, -0.2) is 47.7 Å². The van der Waals surface area contributed by atoms with E-state index >= 15 is 0 Å². The van der Waals surface area contributed by atoms with Gasteiger partial charge in [0.15, 0.2) is 6.61 Å². The second-order valence-corrected chi connectivity index (χ2v) is 12.2. The third-order valence-electron chi connectivity index (χ3n) is 4.66. The van der Waals surface area contributed by atoms with Crippen LogP contribution < -0.4 is 10.6 Å². The molecule has 0 heterocycles. The van der Waals surface area contributed by atoms with E-state index in [1.54, 1.807) is 48.1 Å². The molecule has 2 N–H and O–H groups in total. The van der Waals surface area contributed by atoms with E-state index in [9.17, 15) is 14.4 Å². The second kappa shape index (κ2) is 17.4. The van der Waals surface area contributed by atoms with E-state index in [4.69, 9.17) is 20.3 Å². The summed E-state index contributed by atoms with van der Waals surface area (Å²) in [6.45, 7) is 8.05. The van der Waals surface area contributed by atoms with Gasteiger partial charge in [0, 0.05) is 27.6 Å². The number of alkyl carbamates (subject to hydrolysis) is 1. The normalized spacial score (nSPS) is 12.3. The average Bonchev–Trinajstić information content (AvgIpc) is 2.85. The fraction of sp³-hybridized carbons (Fsp3) is 0.583. The van der Waals surface area contributed by atoms with Gasteiger partial charge in [-0.25, -0.2) is 4.79 Å². The molecule has 2 amide bonds. The van der Waals surface area contributed by atoms with E-state index in [1.165, 1.54) is 10.8 Å². The Morgan fingerprint density at radius 2 is 1.89 bits per heavy atom. The fourth-order valence-corrected chi connectivity index (χ4v) is 5.24. The van der Waals surface area contributed by atoms with Crippen LogP contribution in [0, 0.1) is 17.2 Å². The third kappa shape index (κ3) is 14.9. The highest BCUT2D eigenvalue weighted by atomic mass is 33.1. The molecule has 0 aliphatic carbocycles. The molecule has 0 bridgehead atoms. The number of nitriles is 1. The van der Waals surface area contributed by atoms with Crippen molar-refractivity contribution in [2.45, 2.75) is 64.4 Å². The van der Waals surface area contributed by atoms with Crippen LogP contribution in [0.3, 0.4) is 0 Å². The first-order valence-corrected chi connectivity index (χ1v) is 14.1. The molecule has 0 spiro atoms. The lowest BCUT2D eigenvalue weighted by Crippen LogP contribution is -2.48. The fourth-order valence-electron chi connectivity index (χ4n) is 2.78. The van der Waals surface area contributed by atoms with Crippen LogP contribution in [0.5, 0.6) is 0 Å². The molecule has 1 aromatic rings. The van der Waals surface area contributed by atoms with Crippen LogP contribution in [0.25, 0.3) is 10.4 Å². The van der Waals surface area contributed by atoms with Crippen molar-refractivity contribution in [1.29, 1.82) is 5.26 Å². The van der Waals surface area contributed by atoms with Crippen LogP contribution in [-0.2, 0) is 25.7 Å². The summed E-state index contributed by atoms with van der Waals surface area (Å²) < 4.78 is 10.0. The van der Waals surface area contributed by atoms with E-state index in [0.29, 0.717) is 42.8 Å². The van der Waals surface area contributed by atoms with Crippen molar-refractivity contribution in [3.63, 3.8) is 0 Å². The molecule has 0 saturated carbocycles. The SMILES string of the molecule is C[C@@H](CCCCNC(=O)[C@H](CSSC(C)(C)C)NC(=O)OCc1ccc(N=[N+]=[N-])cc1)C(=O)OCC#N. The smallest absolute Gasteiger partial charge is 0.408 e. The minimum Gasteiger partial charge on any atom is -0.450 e. The lowest BCUT2D eigenvalue weighted by atomic mass is 10.0. The standard InChI is InChI=1S/C24H34N6O5S2/c1-17(22(32)34-14-12-25)7-5-6-13-27-21(31)20(16-36-37-24(2,3)4)28-23(33)35-15-18-8-10-19(11-9-18)29-30-26/h8-11,17,20H,5-7,13-16H2,1-4H3,(H,27,31)(H,28,33)/t17-,20-/m0/s1. The van der Waals surface area contributed by atoms with Gasteiger partial charge < -0.3 is 20.1 Å². The maximum absolute atomic E-state index is 12.8. The van der Waals surface area contributed by atoms with Crippen molar-refractivity contribution < 1.29 is 23.9 Å². The number of ether oxygens (including phenoxy) is 2. The van der Waals surface area contributed by atoms with Gasteiger partial charge >= 0.3 is 12.1 Å². The summed E-state index contributed by atoms with van der Waals surface area (Å²) in [7, 11) is 3.10. The number of unbranched alkanes of at least 4 members (excludes halogenated alkanes) is 1. The van der Waals surface area contributed by atoms with Gasteiger partial charge in [-0.1, -0.05) is 85.1 Å². The molecule has 0 aliphatic rings. The van der Waals surface area contributed by atoms with Crippen LogP contribution in [0.1, 0.15) is 52.5 Å². The number of hydrogen-bond acceptors (Lipinski definition) is 9. The summed E-state index contributed by atoms with van der Waals surface area (Å²) in [5.74, 6) is -0.701. The first-order valence-electron chi connectivity index (χ1n) is 11.7. The number of esters is 1. The zero-order valence-corrected chi connectivity index (χ0v) is 23.2. The van der Waals surface area contributed by atoms with Gasteiger partial charge in [0.25, 0.3) is 0 Å². The number of nitrogens with one attached hydrogen (secondary N) is 2. The number of carbonyl (C=O) groups excluding carboxylic acids is 3. The molecule has 0 unspecified atom stereocenters. The molecule has 202 valence electrons. The highest BCUT2D eigenvalue weighted by molar-refractivity contribution is 8.77. The summed E-state index contributed by atoms with van der Waals surface area (Å²) >= 11 is 0. The minimum atomic E-state index is -0.792. The largest absolute Gasteiger partial charge is 0.450 e. The summed E-state index contributed by atoms with van der Waals surface area (Å²) in [6.07, 6.45) is 1.20. The Hall–Kier alpha value is -3.07. The number of amides is 2. The first kappa shape index (κ1) is 32.0. The van der Waals surface area contributed by atoms with Crippen LogP contribution in [0.4, 0.5) is 10.5 Å². The van der Waals surface area contributed by atoms with E-state index in [-0.39, 0.29) is 29.8 Å². The van der Waals surface area contributed by atoms with Gasteiger partial charge in [-0.3, -0.25) is 9.59 Å². The summed E-state index contributed by atoms with van der Waals surface area (Å²) in [5, 5.41) is 17.4. The molecule has 1 aromatic carbocycles. The van der Waals surface area contributed by atoms with E-state index in [2.05, 4.69) is 41.4 Å². The average molecular weight is 551 g/mol. The Morgan fingerprint density at radius 3 is 2.51 bits per heavy atom. The van der Waals surface area contributed by atoms with Crippen molar-refractivity contribution >= 4 is 45.2 Å². The molecule has 37 heavy (non-hydrogen) atoms. The predicted molar refractivity (Wildman–Crippen MR) is 145 cm³/mol. The summed E-state index contributed by atoms with van der Waals surface area (Å²) in [6, 6.07) is 7.56. The number of rotatable bonds is 15. The van der Waals surface area contributed by atoms with Crippen LogP contribution >= 0.6 is 21.6 Å². The lowest BCUT2D eigenvalue weighted by molar-refractivity contribution is -0.146. The Morgan fingerprint density at radius 1 is 1.19 bits per heavy atom. The third-order valence-corrected chi connectivity index (χ3v) is 8.01. The molecule has 0 fully saturated rings. The van der Waals surface area contributed by atoms with Crippen molar-refractivity contribution in [3.05, 3.63) is 40.3 Å². The number of hydrogen-bond donors (Lipinski definition) is 2. The molecule has 0 aliphatic heterocycles. The Kier molecular flexibility index (Phi) is 15.0. The van der Waals surface area contributed by atoms with E-state index < -0.39 is 18.1 Å². The van der Waals surface area contributed by atoms with Crippen molar-refractivity contribution in [3.8, 4) is 6.07 Å². The molecular formula is C24H34N6O5S2. The highest BCUT2D eigenvalue weighted by Crippen LogP contribution is 2.35. The van der Waals surface area contributed by atoms with Gasteiger partial charge in [-0.2, -0.15) is 5.26 Å². The zero-order valence-electron chi connectivity index (χ0n) is 21.6. The Labute approximate surface area is 225 Å². The van der Waals surface area contributed by atoms with Crippen molar-refractivity contribution in [2.75, 3.05) is 18.9 Å².